The van der Waals surface area contributed by atoms with Gasteiger partial charge >= 0.3 is 5.97 Å². The van der Waals surface area contributed by atoms with Crippen molar-refractivity contribution in [2.75, 3.05) is 19.8 Å². The fraction of sp³-hybridized carbons (Fsp3) is 0.231. The van der Waals surface area contributed by atoms with E-state index in [1.807, 2.05) is 54.6 Å². The Morgan fingerprint density at radius 2 is 1.55 bits per heavy atom. The van der Waals surface area contributed by atoms with Crippen LogP contribution in [0.3, 0.4) is 0 Å². The summed E-state index contributed by atoms with van der Waals surface area (Å²) in [6, 6.07) is 23.6. The molecule has 0 fully saturated rings. The number of carbonyl (C=O) groups excluding carboxylic acids is 1. The number of hydrogen-bond acceptors (Lipinski definition) is 5. The Kier molecular flexibility index (Phi) is 8.71. The van der Waals surface area contributed by atoms with Crippen LogP contribution >= 0.6 is 0 Å². The van der Waals surface area contributed by atoms with E-state index in [0.717, 1.165) is 22.3 Å². The van der Waals surface area contributed by atoms with Crippen LogP contribution < -0.4 is 11.1 Å². The number of carboxylic acid groups (broad SMARTS) is 1. The highest BCUT2D eigenvalue weighted by molar-refractivity contribution is 5.94. The molecule has 3 rings (SSSR count). The Morgan fingerprint density at radius 3 is 2.15 bits per heavy atom. The summed E-state index contributed by atoms with van der Waals surface area (Å²) in [5.74, 6) is -1.34. The minimum Gasteiger partial charge on any atom is -0.480 e. The molecule has 33 heavy (non-hydrogen) atoms. The van der Waals surface area contributed by atoms with E-state index in [1.54, 1.807) is 24.3 Å². The largest absolute Gasteiger partial charge is 0.480 e. The minimum atomic E-state index is -1.07. The molecule has 0 spiro atoms. The number of aliphatic carboxylic acids is 1. The van der Waals surface area contributed by atoms with Crippen LogP contribution in [0.1, 0.15) is 27.6 Å². The molecule has 0 aromatic heterocycles. The lowest BCUT2D eigenvalue weighted by Gasteiger charge is -2.19. The van der Waals surface area contributed by atoms with E-state index in [9.17, 15) is 14.7 Å². The van der Waals surface area contributed by atoms with Crippen molar-refractivity contribution in [3.8, 4) is 11.1 Å². The van der Waals surface area contributed by atoms with Crippen LogP contribution in [-0.4, -0.2) is 47.9 Å². The van der Waals surface area contributed by atoms with Crippen molar-refractivity contribution >= 4 is 11.9 Å². The summed E-state index contributed by atoms with van der Waals surface area (Å²) in [7, 11) is 0. The maximum atomic E-state index is 12.6. The molecule has 172 valence electrons. The van der Waals surface area contributed by atoms with Gasteiger partial charge in [0.25, 0.3) is 5.91 Å². The normalized spacial score (nSPS) is 12.7. The van der Waals surface area contributed by atoms with Gasteiger partial charge in [-0.25, -0.2) is 0 Å². The molecule has 5 N–H and O–H groups in total. The number of nitrogens with one attached hydrogen (secondary N) is 1. The monoisotopic (exact) mass is 448 g/mol. The Labute approximate surface area is 192 Å². The standard InChI is InChI=1S/C26H28N2O5/c27-23(26(31)32)16-18-6-8-22(9-7-18)25(30)28-17-24(33-15-14-29)21-12-10-20(11-13-21)19-4-2-1-3-5-19/h1-13,23-24,29H,14-17,27H2,(H,28,30)(H,31,32)/t23-,24-/m0/s1. The second kappa shape index (κ2) is 11.9. The quantitative estimate of drug-likeness (QED) is 0.358. The van der Waals surface area contributed by atoms with Gasteiger partial charge in [0.15, 0.2) is 0 Å². The molecule has 0 unspecified atom stereocenters. The van der Waals surface area contributed by atoms with E-state index in [4.69, 9.17) is 15.6 Å². The number of aliphatic hydroxyl groups is 1. The van der Waals surface area contributed by atoms with Crippen LogP contribution in [0.5, 0.6) is 0 Å². The molecule has 0 aliphatic rings. The van der Waals surface area contributed by atoms with Crippen molar-refractivity contribution < 1.29 is 24.5 Å². The lowest BCUT2D eigenvalue weighted by Crippen LogP contribution is -2.32. The number of rotatable bonds is 11. The molecule has 0 bridgehead atoms. The molecule has 0 radical (unpaired) electrons. The molecule has 3 aromatic rings. The van der Waals surface area contributed by atoms with Crippen LogP contribution in [-0.2, 0) is 16.0 Å². The number of carboxylic acids is 1. The summed E-state index contributed by atoms with van der Waals surface area (Å²) < 4.78 is 5.76. The zero-order valence-electron chi connectivity index (χ0n) is 18.2. The number of amides is 1. The van der Waals surface area contributed by atoms with Gasteiger partial charge < -0.3 is 26.0 Å². The van der Waals surface area contributed by atoms with Crippen LogP contribution in [0, 0.1) is 0 Å². The number of ether oxygens (including phenoxy) is 1. The summed E-state index contributed by atoms with van der Waals surface area (Å²) >= 11 is 0. The molecule has 7 nitrogen and oxygen atoms in total. The second-order valence-electron chi connectivity index (χ2n) is 7.63. The van der Waals surface area contributed by atoms with Gasteiger partial charge in [-0.3, -0.25) is 9.59 Å². The smallest absolute Gasteiger partial charge is 0.320 e. The average Bonchev–Trinajstić information content (AvgIpc) is 2.85. The first-order valence-electron chi connectivity index (χ1n) is 10.7. The number of hydrogen-bond donors (Lipinski definition) is 4. The maximum absolute atomic E-state index is 12.6. The van der Waals surface area contributed by atoms with Gasteiger partial charge in [-0.15, -0.1) is 0 Å². The maximum Gasteiger partial charge on any atom is 0.320 e. The number of carbonyl (C=O) groups is 2. The molecule has 1 amide bonds. The highest BCUT2D eigenvalue weighted by Crippen LogP contribution is 2.23. The topological polar surface area (TPSA) is 122 Å². The Hall–Kier alpha value is -3.52. The number of nitrogens with two attached hydrogens (primary N) is 1. The van der Waals surface area contributed by atoms with Crippen molar-refractivity contribution in [1.29, 1.82) is 0 Å². The second-order valence-corrected chi connectivity index (χ2v) is 7.63. The first kappa shape index (κ1) is 24.1. The third-order valence-electron chi connectivity index (χ3n) is 5.24. The summed E-state index contributed by atoms with van der Waals surface area (Å²) in [6.45, 7) is 0.265. The van der Waals surface area contributed by atoms with Gasteiger partial charge in [-0.1, -0.05) is 66.7 Å². The Morgan fingerprint density at radius 1 is 0.909 bits per heavy atom. The fourth-order valence-corrected chi connectivity index (χ4v) is 3.41. The molecular formula is C26H28N2O5. The van der Waals surface area contributed by atoms with Crippen molar-refractivity contribution in [2.45, 2.75) is 18.6 Å². The molecule has 7 heteroatoms. The third-order valence-corrected chi connectivity index (χ3v) is 5.24. The molecule has 0 aliphatic carbocycles. The highest BCUT2D eigenvalue weighted by atomic mass is 16.5. The van der Waals surface area contributed by atoms with Crippen molar-refractivity contribution in [3.63, 3.8) is 0 Å². The van der Waals surface area contributed by atoms with E-state index in [1.165, 1.54) is 0 Å². The van der Waals surface area contributed by atoms with Gasteiger partial charge in [0.1, 0.15) is 6.04 Å². The summed E-state index contributed by atoms with van der Waals surface area (Å²) in [4.78, 5) is 23.5. The van der Waals surface area contributed by atoms with Crippen LogP contribution in [0.15, 0.2) is 78.9 Å². The lowest BCUT2D eigenvalue weighted by atomic mass is 10.0. The zero-order valence-corrected chi connectivity index (χ0v) is 18.2. The molecule has 0 aliphatic heterocycles. The van der Waals surface area contributed by atoms with Gasteiger partial charge in [0, 0.05) is 12.1 Å². The zero-order chi connectivity index (χ0) is 23.6. The fourth-order valence-electron chi connectivity index (χ4n) is 3.41. The predicted molar refractivity (Wildman–Crippen MR) is 126 cm³/mol. The Bertz CT molecular complexity index is 1040. The summed E-state index contributed by atoms with van der Waals surface area (Å²) in [6.07, 6.45) is -0.230. The average molecular weight is 449 g/mol. The van der Waals surface area contributed by atoms with Gasteiger partial charge in [0.05, 0.1) is 19.3 Å². The van der Waals surface area contributed by atoms with Crippen molar-refractivity contribution in [2.24, 2.45) is 5.73 Å². The molecule has 0 saturated carbocycles. The SMILES string of the molecule is N[C@@H](Cc1ccc(C(=O)NC[C@H](OCCO)c2ccc(-c3ccccc3)cc2)cc1)C(=O)O. The van der Waals surface area contributed by atoms with E-state index < -0.39 is 18.1 Å². The molecule has 0 heterocycles. The third kappa shape index (κ3) is 6.98. The predicted octanol–water partition coefficient (Wildman–Crippen LogP) is 2.79. The molecule has 3 aromatic carbocycles. The number of aliphatic hydroxyl groups excluding tert-OH is 1. The molecule has 2 atom stereocenters. The van der Waals surface area contributed by atoms with Crippen LogP contribution in [0.2, 0.25) is 0 Å². The lowest BCUT2D eigenvalue weighted by molar-refractivity contribution is -0.138. The van der Waals surface area contributed by atoms with E-state index in [0.29, 0.717) is 5.56 Å². The molecular weight excluding hydrogens is 420 g/mol. The Balaban J connectivity index is 1.63. The summed E-state index contributed by atoms with van der Waals surface area (Å²) in [5, 5.41) is 21.0. The van der Waals surface area contributed by atoms with Gasteiger partial charge in [-0.05, 0) is 40.8 Å². The number of benzene rings is 3. The first-order chi connectivity index (χ1) is 16.0. The van der Waals surface area contributed by atoms with Crippen LogP contribution in [0.25, 0.3) is 11.1 Å². The minimum absolute atomic E-state index is 0.119. The first-order valence-corrected chi connectivity index (χ1v) is 10.7. The van der Waals surface area contributed by atoms with Crippen molar-refractivity contribution in [1.82, 2.24) is 5.32 Å². The highest BCUT2D eigenvalue weighted by Gasteiger charge is 2.16. The summed E-state index contributed by atoms with van der Waals surface area (Å²) in [5.41, 5.74) is 9.82. The van der Waals surface area contributed by atoms with Crippen LogP contribution in [0.4, 0.5) is 0 Å². The van der Waals surface area contributed by atoms with E-state index in [-0.39, 0.29) is 32.1 Å². The van der Waals surface area contributed by atoms with Crippen molar-refractivity contribution in [3.05, 3.63) is 95.6 Å². The molecule has 0 saturated heterocycles. The van der Waals surface area contributed by atoms with Gasteiger partial charge in [-0.2, -0.15) is 0 Å². The van der Waals surface area contributed by atoms with Gasteiger partial charge in [0.2, 0.25) is 0 Å². The van der Waals surface area contributed by atoms with E-state index >= 15 is 0 Å². The van der Waals surface area contributed by atoms with E-state index in [2.05, 4.69) is 5.32 Å².